The molecule has 0 saturated carbocycles. The van der Waals surface area contributed by atoms with Crippen molar-refractivity contribution in [2.45, 2.75) is 33.1 Å². The van der Waals surface area contributed by atoms with E-state index in [9.17, 15) is 0 Å². The predicted octanol–water partition coefficient (Wildman–Crippen LogP) is 3.02. The van der Waals surface area contributed by atoms with Crippen molar-refractivity contribution in [3.8, 4) is 0 Å². The summed E-state index contributed by atoms with van der Waals surface area (Å²) >= 11 is 0. The van der Waals surface area contributed by atoms with Gasteiger partial charge in [0.1, 0.15) is 12.1 Å². The van der Waals surface area contributed by atoms with Gasteiger partial charge in [-0.15, -0.1) is 0 Å². The molecular weight excluding hydrogens is 236 g/mol. The van der Waals surface area contributed by atoms with Crippen LogP contribution in [-0.2, 0) is 6.42 Å². The maximum absolute atomic E-state index is 4.46. The predicted molar refractivity (Wildman–Crippen MR) is 77.3 cm³/mol. The number of rotatable bonds is 5. The normalized spacial score (nSPS) is 10.7. The Morgan fingerprint density at radius 2 is 2.11 bits per heavy atom. The van der Waals surface area contributed by atoms with E-state index in [-0.39, 0.29) is 0 Å². The van der Waals surface area contributed by atoms with Crippen LogP contribution < -0.4 is 5.32 Å². The lowest BCUT2D eigenvalue weighted by atomic mass is 9.98. The van der Waals surface area contributed by atoms with E-state index in [4.69, 9.17) is 0 Å². The van der Waals surface area contributed by atoms with Crippen molar-refractivity contribution in [3.05, 3.63) is 47.7 Å². The first-order valence-corrected chi connectivity index (χ1v) is 6.69. The Morgan fingerprint density at radius 1 is 1.26 bits per heavy atom. The molecule has 0 atom stereocenters. The number of hydrogen-bond donors (Lipinski definition) is 1. The highest BCUT2D eigenvalue weighted by atomic mass is 15.0. The highest BCUT2D eigenvalue weighted by Gasteiger charge is 2.14. The van der Waals surface area contributed by atoms with E-state index >= 15 is 0 Å². The summed E-state index contributed by atoms with van der Waals surface area (Å²) in [6, 6.07) is 4.03. The molecule has 0 bridgehead atoms. The second-order valence-electron chi connectivity index (χ2n) is 4.81. The molecule has 1 N–H and O–H groups in total. The number of aromatic nitrogens is 3. The third kappa shape index (κ3) is 3.28. The van der Waals surface area contributed by atoms with Gasteiger partial charge in [-0.25, -0.2) is 9.97 Å². The Kier molecular flexibility index (Phi) is 4.44. The van der Waals surface area contributed by atoms with E-state index in [2.05, 4.69) is 47.1 Å². The average Bonchev–Trinajstić information content (AvgIpc) is 2.40. The lowest BCUT2D eigenvalue weighted by Crippen LogP contribution is -2.10. The van der Waals surface area contributed by atoms with Crippen LogP contribution in [0.25, 0.3) is 0 Å². The van der Waals surface area contributed by atoms with Crippen molar-refractivity contribution in [1.82, 2.24) is 15.0 Å². The summed E-state index contributed by atoms with van der Waals surface area (Å²) < 4.78 is 0. The molecule has 0 fully saturated rings. The van der Waals surface area contributed by atoms with Crippen LogP contribution in [0.2, 0.25) is 0 Å². The van der Waals surface area contributed by atoms with Crippen LogP contribution >= 0.6 is 0 Å². The molecule has 2 aromatic heterocycles. The van der Waals surface area contributed by atoms with Crippen molar-refractivity contribution in [2.24, 2.45) is 0 Å². The molecule has 0 saturated heterocycles. The molecule has 0 aliphatic rings. The Balaban J connectivity index is 2.36. The molecule has 4 heteroatoms. The summed E-state index contributed by atoms with van der Waals surface area (Å²) in [5, 5.41) is 3.32. The summed E-state index contributed by atoms with van der Waals surface area (Å²) in [4.78, 5) is 13.0. The highest BCUT2D eigenvalue weighted by molar-refractivity contribution is 5.48. The van der Waals surface area contributed by atoms with Gasteiger partial charge in [-0.3, -0.25) is 4.98 Å². The first-order chi connectivity index (χ1) is 9.22. The van der Waals surface area contributed by atoms with Crippen LogP contribution in [0.3, 0.4) is 0 Å². The molecule has 2 heterocycles. The lowest BCUT2D eigenvalue weighted by molar-refractivity contribution is 0.815. The van der Waals surface area contributed by atoms with Crippen LogP contribution in [-0.4, -0.2) is 21.5 Å². The molecule has 4 nitrogen and oxygen atoms in total. The van der Waals surface area contributed by atoms with Crippen molar-refractivity contribution < 1.29 is 0 Å². The Hall–Kier alpha value is -1.97. The van der Waals surface area contributed by atoms with E-state index in [0.717, 1.165) is 24.5 Å². The fourth-order valence-electron chi connectivity index (χ4n) is 2.18. The van der Waals surface area contributed by atoms with Crippen LogP contribution in [0.1, 0.15) is 43.5 Å². The molecule has 0 aromatic carbocycles. The first-order valence-electron chi connectivity index (χ1n) is 6.69. The molecule has 0 amide bonds. The quantitative estimate of drug-likeness (QED) is 0.893. The minimum Gasteiger partial charge on any atom is -0.370 e. The molecule has 0 aliphatic heterocycles. The van der Waals surface area contributed by atoms with Gasteiger partial charge in [-0.2, -0.15) is 0 Å². The zero-order valence-corrected chi connectivity index (χ0v) is 11.7. The van der Waals surface area contributed by atoms with E-state index in [1.807, 2.05) is 12.3 Å². The third-order valence-electron chi connectivity index (χ3n) is 2.98. The van der Waals surface area contributed by atoms with Gasteiger partial charge in [-0.05, 0) is 24.5 Å². The van der Waals surface area contributed by atoms with Gasteiger partial charge in [0.05, 0.1) is 5.69 Å². The Bertz CT molecular complexity index is 523. The number of nitrogens with zero attached hydrogens (tertiary/aromatic N) is 3. The second-order valence-corrected chi connectivity index (χ2v) is 4.81. The number of nitrogens with one attached hydrogen (secondary N) is 1. The minimum absolute atomic E-state index is 0.391. The van der Waals surface area contributed by atoms with Gasteiger partial charge in [0, 0.05) is 30.9 Å². The Labute approximate surface area is 114 Å². The van der Waals surface area contributed by atoms with Crippen molar-refractivity contribution >= 4 is 5.82 Å². The van der Waals surface area contributed by atoms with Crippen molar-refractivity contribution in [3.63, 3.8) is 0 Å². The van der Waals surface area contributed by atoms with Crippen LogP contribution in [0.4, 0.5) is 5.82 Å². The first kappa shape index (κ1) is 13.5. The van der Waals surface area contributed by atoms with Crippen molar-refractivity contribution in [2.75, 3.05) is 11.9 Å². The Morgan fingerprint density at radius 3 is 2.74 bits per heavy atom. The SMILES string of the molecule is CCNc1ncnc(Cc2cccnc2)c1C(C)C. The fraction of sp³-hybridized carbons (Fsp3) is 0.400. The van der Waals surface area contributed by atoms with Gasteiger partial charge in [0.2, 0.25) is 0 Å². The number of pyridine rings is 1. The maximum Gasteiger partial charge on any atom is 0.133 e. The molecule has 0 spiro atoms. The van der Waals surface area contributed by atoms with Gasteiger partial charge >= 0.3 is 0 Å². The zero-order chi connectivity index (χ0) is 13.7. The van der Waals surface area contributed by atoms with Gasteiger partial charge in [0.15, 0.2) is 0 Å². The second kappa shape index (κ2) is 6.27. The van der Waals surface area contributed by atoms with E-state index < -0.39 is 0 Å². The molecule has 2 rings (SSSR count). The maximum atomic E-state index is 4.46. The van der Waals surface area contributed by atoms with Gasteiger partial charge in [0.25, 0.3) is 0 Å². The smallest absolute Gasteiger partial charge is 0.133 e. The molecule has 100 valence electrons. The average molecular weight is 256 g/mol. The van der Waals surface area contributed by atoms with E-state index in [1.165, 1.54) is 11.1 Å². The zero-order valence-electron chi connectivity index (χ0n) is 11.7. The fourth-order valence-corrected chi connectivity index (χ4v) is 2.18. The van der Waals surface area contributed by atoms with Gasteiger partial charge < -0.3 is 5.32 Å². The summed E-state index contributed by atoms with van der Waals surface area (Å²) in [5.41, 5.74) is 3.45. The van der Waals surface area contributed by atoms with Crippen LogP contribution in [0, 0.1) is 0 Å². The highest BCUT2D eigenvalue weighted by Crippen LogP contribution is 2.26. The van der Waals surface area contributed by atoms with Crippen LogP contribution in [0.15, 0.2) is 30.9 Å². The molecule has 19 heavy (non-hydrogen) atoms. The monoisotopic (exact) mass is 256 g/mol. The standard InChI is InChI=1S/C15H20N4/c1-4-17-15-14(11(2)3)13(18-10-19-15)8-12-6-5-7-16-9-12/h5-7,9-11H,4,8H2,1-3H3,(H,17,18,19). The van der Waals surface area contributed by atoms with E-state index in [1.54, 1.807) is 12.5 Å². The molecular formula is C15H20N4. The van der Waals surface area contributed by atoms with Crippen molar-refractivity contribution in [1.29, 1.82) is 0 Å². The molecule has 0 radical (unpaired) electrons. The minimum atomic E-state index is 0.391. The molecule has 0 unspecified atom stereocenters. The lowest BCUT2D eigenvalue weighted by Gasteiger charge is -2.16. The summed E-state index contributed by atoms with van der Waals surface area (Å²) in [5.74, 6) is 1.34. The summed E-state index contributed by atoms with van der Waals surface area (Å²) in [7, 11) is 0. The summed E-state index contributed by atoms with van der Waals surface area (Å²) in [6.45, 7) is 7.29. The van der Waals surface area contributed by atoms with Crippen LogP contribution in [0.5, 0.6) is 0 Å². The largest absolute Gasteiger partial charge is 0.370 e. The molecule has 2 aromatic rings. The van der Waals surface area contributed by atoms with E-state index in [0.29, 0.717) is 5.92 Å². The molecule has 0 aliphatic carbocycles. The number of hydrogen-bond acceptors (Lipinski definition) is 4. The topological polar surface area (TPSA) is 50.7 Å². The van der Waals surface area contributed by atoms with Gasteiger partial charge in [-0.1, -0.05) is 19.9 Å². The number of anilines is 1. The third-order valence-corrected chi connectivity index (χ3v) is 2.98. The summed E-state index contributed by atoms with van der Waals surface area (Å²) in [6.07, 6.45) is 6.11.